The van der Waals surface area contributed by atoms with Crippen molar-refractivity contribution >= 4 is 12.4 Å². The lowest BCUT2D eigenvalue weighted by Gasteiger charge is -2.07. The third-order valence-corrected chi connectivity index (χ3v) is 3.06. The van der Waals surface area contributed by atoms with Crippen molar-refractivity contribution in [1.82, 2.24) is 0 Å². The first-order valence-corrected chi connectivity index (χ1v) is 6.18. The molecule has 86 valence electrons. The summed E-state index contributed by atoms with van der Waals surface area (Å²) in [5.41, 5.74) is 2.58. The molecule has 0 N–H and O–H groups in total. The van der Waals surface area contributed by atoms with E-state index in [2.05, 4.69) is 25.9 Å². The Kier molecular flexibility index (Phi) is 3.89. The van der Waals surface area contributed by atoms with Gasteiger partial charge in [-0.25, -0.2) is 0 Å². The molecule has 2 nitrogen and oxygen atoms in total. The second kappa shape index (κ2) is 5.40. The monoisotopic (exact) mass is 218 g/mol. The average Bonchev–Trinajstić information content (AvgIpc) is 2.67. The molecule has 0 aromatic heterocycles. The molecule has 0 radical (unpaired) electrons. The molecular formula is C13H19BO2. The highest BCUT2D eigenvalue weighted by Gasteiger charge is 2.23. The minimum Gasteiger partial charge on any atom is -0.494 e. The summed E-state index contributed by atoms with van der Waals surface area (Å²) in [4.78, 5) is 0. The lowest BCUT2D eigenvalue weighted by atomic mass is 9.64. The summed E-state index contributed by atoms with van der Waals surface area (Å²) < 4.78 is 11.3. The molecule has 0 unspecified atom stereocenters. The standard InChI is InChI=1S/C13H19BO2/c1-3-4-5-8-15-12-7-6-11-10-16-14(2)13(11)9-12/h6-7,9H,3-5,8,10H2,1-2H3. The highest BCUT2D eigenvalue weighted by molar-refractivity contribution is 6.67. The van der Waals surface area contributed by atoms with E-state index >= 15 is 0 Å². The second-order valence-electron chi connectivity index (χ2n) is 4.37. The molecule has 0 aliphatic carbocycles. The topological polar surface area (TPSA) is 18.5 Å². The first-order chi connectivity index (χ1) is 7.81. The Morgan fingerprint density at radius 1 is 1.38 bits per heavy atom. The second-order valence-corrected chi connectivity index (χ2v) is 4.37. The normalized spacial score (nSPS) is 14.0. The molecule has 1 aromatic carbocycles. The van der Waals surface area contributed by atoms with Crippen LogP contribution in [0.25, 0.3) is 0 Å². The first-order valence-electron chi connectivity index (χ1n) is 6.18. The van der Waals surface area contributed by atoms with Gasteiger partial charge in [0.05, 0.1) is 13.2 Å². The summed E-state index contributed by atoms with van der Waals surface area (Å²) in [6.45, 7) is 6.07. The Balaban J connectivity index is 1.93. The molecule has 0 saturated heterocycles. The van der Waals surface area contributed by atoms with Gasteiger partial charge in [-0.15, -0.1) is 0 Å². The Hall–Kier alpha value is -0.955. The summed E-state index contributed by atoms with van der Waals surface area (Å²) in [6, 6.07) is 6.29. The average molecular weight is 218 g/mol. The van der Waals surface area contributed by atoms with Crippen LogP contribution in [0.4, 0.5) is 0 Å². The number of hydrogen-bond donors (Lipinski definition) is 0. The molecule has 0 spiro atoms. The lowest BCUT2D eigenvalue weighted by Crippen LogP contribution is -2.24. The van der Waals surface area contributed by atoms with E-state index in [4.69, 9.17) is 9.39 Å². The maximum Gasteiger partial charge on any atom is 0.324 e. The van der Waals surface area contributed by atoms with Crippen LogP contribution < -0.4 is 10.2 Å². The van der Waals surface area contributed by atoms with Crippen LogP contribution in [0.1, 0.15) is 31.7 Å². The van der Waals surface area contributed by atoms with Crippen LogP contribution in [0, 0.1) is 0 Å². The van der Waals surface area contributed by atoms with E-state index in [0.29, 0.717) is 0 Å². The van der Waals surface area contributed by atoms with E-state index in [1.165, 1.54) is 23.9 Å². The number of unbranched alkanes of at least 4 members (excludes halogenated alkanes) is 2. The van der Waals surface area contributed by atoms with Crippen molar-refractivity contribution in [3.63, 3.8) is 0 Å². The van der Waals surface area contributed by atoms with Crippen molar-refractivity contribution in [2.75, 3.05) is 6.61 Å². The van der Waals surface area contributed by atoms with Crippen LogP contribution in [0.2, 0.25) is 6.82 Å². The van der Waals surface area contributed by atoms with Gasteiger partial charge in [0.1, 0.15) is 5.75 Å². The maximum atomic E-state index is 5.73. The summed E-state index contributed by atoms with van der Waals surface area (Å²) in [6.07, 6.45) is 3.61. The van der Waals surface area contributed by atoms with Crippen LogP contribution in [-0.4, -0.2) is 13.5 Å². The molecule has 3 heteroatoms. The highest BCUT2D eigenvalue weighted by atomic mass is 16.5. The Bertz CT molecular complexity index is 352. The van der Waals surface area contributed by atoms with E-state index < -0.39 is 0 Å². The Labute approximate surface area is 98.1 Å². The van der Waals surface area contributed by atoms with E-state index in [1.54, 1.807) is 0 Å². The van der Waals surface area contributed by atoms with Crippen molar-refractivity contribution in [3.8, 4) is 5.75 Å². The number of rotatable bonds is 5. The quantitative estimate of drug-likeness (QED) is 0.558. The van der Waals surface area contributed by atoms with Gasteiger partial charge in [-0.2, -0.15) is 0 Å². The summed E-state index contributed by atoms with van der Waals surface area (Å²) in [7, 11) is 0. The fourth-order valence-corrected chi connectivity index (χ4v) is 2.02. The molecule has 1 aliphatic heterocycles. The molecule has 1 aromatic rings. The predicted molar refractivity (Wildman–Crippen MR) is 67.5 cm³/mol. The molecular weight excluding hydrogens is 199 g/mol. The summed E-state index contributed by atoms with van der Waals surface area (Å²) >= 11 is 0. The smallest absolute Gasteiger partial charge is 0.324 e. The van der Waals surface area contributed by atoms with E-state index in [0.717, 1.165) is 25.4 Å². The molecule has 16 heavy (non-hydrogen) atoms. The van der Waals surface area contributed by atoms with E-state index in [1.807, 2.05) is 6.07 Å². The van der Waals surface area contributed by atoms with Crippen molar-refractivity contribution in [1.29, 1.82) is 0 Å². The predicted octanol–water partition coefficient (Wildman–Crippen LogP) is 2.61. The van der Waals surface area contributed by atoms with Gasteiger partial charge in [0.25, 0.3) is 0 Å². The van der Waals surface area contributed by atoms with E-state index in [9.17, 15) is 0 Å². The maximum absolute atomic E-state index is 5.73. The fraction of sp³-hybridized carbons (Fsp3) is 0.538. The van der Waals surface area contributed by atoms with Gasteiger partial charge < -0.3 is 9.39 Å². The van der Waals surface area contributed by atoms with Gasteiger partial charge in [-0.05, 0) is 29.6 Å². The number of fused-ring (bicyclic) bond motifs is 1. The third-order valence-electron chi connectivity index (χ3n) is 3.06. The molecule has 1 heterocycles. The van der Waals surface area contributed by atoms with Crippen LogP contribution in [0.5, 0.6) is 5.75 Å². The van der Waals surface area contributed by atoms with Crippen molar-refractivity contribution in [2.45, 2.75) is 39.6 Å². The number of ether oxygens (including phenoxy) is 1. The van der Waals surface area contributed by atoms with Crippen LogP contribution >= 0.6 is 0 Å². The molecule has 0 amide bonds. The van der Waals surface area contributed by atoms with Gasteiger partial charge in [-0.1, -0.05) is 32.7 Å². The zero-order valence-electron chi connectivity index (χ0n) is 10.2. The van der Waals surface area contributed by atoms with Gasteiger partial charge >= 0.3 is 6.92 Å². The molecule has 0 fully saturated rings. The number of benzene rings is 1. The zero-order chi connectivity index (χ0) is 11.4. The summed E-state index contributed by atoms with van der Waals surface area (Å²) in [5.74, 6) is 0.979. The SMILES string of the molecule is CCCCCOc1ccc2c(c1)B(C)OC2. The first kappa shape index (κ1) is 11.5. The Morgan fingerprint density at radius 3 is 3.06 bits per heavy atom. The van der Waals surface area contributed by atoms with E-state index in [-0.39, 0.29) is 6.92 Å². The number of hydrogen-bond acceptors (Lipinski definition) is 2. The molecule has 0 bridgehead atoms. The minimum absolute atomic E-state index is 0.217. The molecule has 0 saturated carbocycles. The molecule has 2 rings (SSSR count). The van der Waals surface area contributed by atoms with Crippen molar-refractivity contribution in [2.24, 2.45) is 0 Å². The van der Waals surface area contributed by atoms with Gasteiger partial charge in [0, 0.05) is 0 Å². The Morgan fingerprint density at radius 2 is 2.25 bits per heavy atom. The van der Waals surface area contributed by atoms with Gasteiger partial charge in [0.15, 0.2) is 0 Å². The third kappa shape index (κ3) is 2.59. The zero-order valence-corrected chi connectivity index (χ0v) is 10.2. The van der Waals surface area contributed by atoms with Crippen molar-refractivity contribution < 1.29 is 9.39 Å². The highest BCUT2D eigenvalue weighted by Crippen LogP contribution is 2.17. The van der Waals surface area contributed by atoms with Gasteiger partial charge in [0.2, 0.25) is 0 Å². The van der Waals surface area contributed by atoms with Gasteiger partial charge in [-0.3, -0.25) is 0 Å². The summed E-state index contributed by atoms with van der Waals surface area (Å²) in [5, 5.41) is 0. The van der Waals surface area contributed by atoms with Crippen LogP contribution in [0.15, 0.2) is 18.2 Å². The largest absolute Gasteiger partial charge is 0.494 e. The van der Waals surface area contributed by atoms with Crippen molar-refractivity contribution in [3.05, 3.63) is 23.8 Å². The lowest BCUT2D eigenvalue weighted by molar-refractivity contribution is 0.306. The fourth-order valence-electron chi connectivity index (χ4n) is 2.02. The van der Waals surface area contributed by atoms with Crippen LogP contribution in [0.3, 0.4) is 0 Å². The van der Waals surface area contributed by atoms with Crippen LogP contribution in [-0.2, 0) is 11.3 Å². The molecule has 0 atom stereocenters. The molecule has 1 aliphatic rings. The minimum atomic E-state index is 0.217.